The van der Waals surface area contributed by atoms with Gasteiger partial charge in [0.25, 0.3) is 5.91 Å². The molecule has 0 aliphatic carbocycles. The molecule has 7 nitrogen and oxygen atoms in total. The largest absolute Gasteiger partial charge is 0.371 e. The van der Waals surface area contributed by atoms with Gasteiger partial charge in [-0.2, -0.15) is 0 Å². The monoisotopic (exact) mass is 431 g/mol. The lowest BCUT2D eigenvalue weighted by Crippen LogP contribution is -2.43. The Morgan fingerprint density at radius 2 is 1.77 bits per heavy atom. The van der Waals surface area contributed by atoms with Crippen LogP contribution in [0.2, 0.25) is 0 Å². The van der Waals surface area contributed by atoms with Crippen molar-refractivity contribution in [3.05, 3.63) is 59.4 Å². The fourth-order valence-corrected chi connectivity index (χ4v) is 5.31. The van der Waals surface area contributed by atoms with Crippen molar-refractivity contribution in [1.82, 2.24) is 4.90 Å². The van der Waals surface area contributed by atoms with Crippen LogP contribution in [-0.2, 0) is 20.4 Å². The normalized spacial score (nSPS) is 18.5. The summed E-state index contributed by atoms with van der Waals surface area (Å²) in [5.41, 5.74) is 1.96. The molecule has 1 saturated heterocycles. The minimum absolute atomic E-state index is 0.0754. The van der Waals surface area contributed by atoms with Gasteiger partial charge in [0.2, 0.25) is 5.91 Å². The van der Waals surface area contributed by atoms with E-state index in [0.29, 0.717) is 22.5 Å². The molecule has 158 valence electrons. The molecule has 2 N–H and O–H groups in total. The number of fused-ring (bicyclic) bond motifs is 1. The molecule has 2 aliphatic heterocycles. The molecule has 1 unspecified atom stereocenters. The average Bonchev–Trinajstić information content (AvgIpc) is 3.24. The van der Waals surface area contributed by atoms with Gasteiger partial charge in [0, 0.05) is 18.7 Å². The lowest BCUT2D eigenvalue weighted by molar-refractivity contribution is -0.116. The van der Waals surface area contributed by atoms with Gasteiger partial charge in [-0.3, -0.25) is 9.59 Å². The Kier molecular flexibility index (Phi) is 5.46. The Morgan fingerprint density at radius 1 is 1.07 bits per heavy atom. The second-order valence-electron chi connectivity index (χ2n) is 7.63. The molecule has 4 rings (SSSR count). The Balaban J connectivity index is 1.46. The van der Waals surface area contributed by atoms with Gasteiger partial charge in [0.1, 0.15) is 11.9 Å². The van der Waals surface area contributed by atoms with E-state index in [1.54, 1.807) is 23.1 Å². The van der Waals surface area contributed by atoms with E-state index in [4.69, 9.17) is 0 Å². The van der Waals surface area contributed by atoms with E-state index in [1.165, 1.54) is 24.3 Å². The number of sulfone groups is 1. The van der Waals surface area contributed by atoms with E-state index >= 15 is 0 Å². The van der Waals surface area contributed by atoms with Crippen LogP contribution in [0.1, 0.15) is 28.8 Å². The number of anilines is 2. The number of hydrogen-bond donors (Lipinski definition) is 2. The highest BCUT2D eigenvalue weighted by atomic mass is 32.2. The number of nitrogens with zero attached hydrogens (tertiary/aromatic N) is 1. The van der Waals surface area contributed by atoms with Crippen LogP contribution in [0.15, 0.2) is 42.5 Å². The number of benzene rings is 2. The Morgan fingerprint density at radius 3 is 2.47 bits per heavy atom. The molecule has 1 atom stereocenters. The van der Waals surface area contributed by atoms with Crippen LogP contribution < -0.4 is 10.6 Å². The molecule has 1 fully saturated rings. The summed E-state index contributed by atoms with van der Waals surface area (Å²) < 4.78 is 38.1. The fourth-order valence-electron chi connectivity index (χ4n) is 3.75. The number of nitrogens with one attached hydrogen (secondary N) is 2. The van der Waals surface area contributed by atoms with Gasteiger partial charge in [-0.05, 0) is 48.7 Å². The first-order valence-corrected chi connectivity index (χ1v) is 11.6. The van der Waals surface area contributed by atoms with Gasteiger partial charge >= 0.3 is 0 Å². The first kappa shape index (κ1) is 20.3. The molecule has 0 saturated carbocycles. The molecule has 0 spiro atoms. The number of halogens is 1. The number of hydrogen-bond acceptors (Lipinski definition) is 5. The number of rotatable bonds is 5. The van der Waals surface area contributed by atoms with E-state index in [0.717, 1.165) is 25.9 Å². The third-order valence-corrected chi connectivity index (χ3v) is 6.90. The van der Waals surface area contributed by atoms with Crippen LogP contribution in [0.4, 0.5) is 15.8 Å². The zero-order valence-corrected chi connectivity index (χ0v) is 17.0. The molecule has 9 heteroatoms. The third kappa shape index (κ3) is 4.46. The topological polar surface area (TPSA) is 95.6 Å². The van der Waals surface area contributed by atoms with Crippen molar-refractivity contribution in [3.8, 4) is 0 Å². The van der Waals surface area contributed by atoms with Crippen LogP contribution in [0, 0.1) is 5.82 Å². The second kappa shape index (κ2) is 8.06. The highest BCUT2D eigenvalue weighted by molar-refractivity contribution is 7.90. The van der Waals surface area contributed by atoms with Gasteiger partial charge < -0.3 is 15.5 Å². The summed E-state index contributed by atoms with van der Waals surface area (Å²) >= 11 is 0. The molecule has 2 heterocycles. The van der Waals surface area contributed by atoms with Crippen molar-refractivity contribution in [2.75, 3.05) is 29.5 Å². The van der Waals surface area contributed by atoms with Crippen molar-refractivity contribution in [3.63, 3.8) is 0 Å². The predicted octanol–water partition coefficient (Wildman–Crippen LogP) is 2.41. The standard InChI is InChI=1S/C21H22FN3O4S/c22-16-6-3-14(4-7-16)12-30(28,29)13-19-20(26)24-18-11-15(5-8-17(18)23-19)21(27)25-9-1-2-10-25/h3-8,11,19,23H,1-2,9-10,12-13H2,(H,24,26). The number of likely N-dealkylation sites (tertiary alicyclic amines) is 1. The van der Waals surface area contributed by atoms with E-state index in [-0.39, 0.29) is 11.7 Å². The number of carbonyl (C=O) groups is 2. The smallest absolute Gasteiger partial charge is 0.253 e. The zero-order valence-electron chi connectivity index (χ0n) is 16.2. The van der Waals surface area contributed by atoms with Crippen LogP contribution in [0.25, 0.3) is 0 Å². The maximum absolute atomic E-state index is 13.0. The van der Waals surface area contributed by atoms with E-state index in [2.05, 4.69) is 10.6 Å². The van der Waals surface area contributed by atoms with Gasteiger partial charge in [0.05, 0.1) is 22.9 Å². The van der Waals surface area contributed by atoms with Gasteiger partial charge in [-0.1, -0.05) is 12.1 Å². The Bertz CT molecular complexity index is 1080. The number of amides is 2. The van der Waals surface area contributed by atoms with E-state index in [1.807, 2.05) is 0 Å². The lowest BCUT2D eigenvalue weighted by atomic mass is 10.1. The van der Waals surface area contributed by atoms with Gasteiger partial charge in [-0.15, -0.1) is 0 Å². The summed E-state index contributed by atoms with van der Waals surface area (Å²) in [4.78, 5) is 26.8. The minimum atomic E-state index is -3.62. The summed E-state index contributed by atoms with van der Waals surface area (Å²) in [6.07, 6.45) is 1.98. The third-order valence-electron chi connectivity index (χ3n) is 5.28. The van der Waals surface area contributed by atoms with Crippen molar-refractivity contribution in [1.29, 1.82) is 0 Å². The molecule has 30 heavy (non-hydrogen) atoms. The summed E-state index contributed by atoms with van der Waals surface area (Å²) in [6, 6.07) is 9.24. The summed E-state index contributed by atoms with van der Waals surface area (Å²) in [5, 5.41) is 5.66. The maximum atomic E-state index is 13.0. The SMILES string of the molecule is O=C1Nc2cc(C(=O)N3CCCC3)ccc2NC1CS(=O)(=O)Cc1ccc(F)cc1. The molecule has 0 aromatic heterocycles. The quantitative estimate of drug-likeness (QED) is 0.758. The van der Waals surface area contributed by atoms with Crippen molar-refractivity contribution in [2.24, 2.45) is 0 Å². The molecule has 0 bridgehead atoms. The average molecular weight is 431 g/mol. The highest BCUT2D eigenvalue weighted by Gasteiger charge is 2.31. The fraction of sp³-hybridized carbons (Fsp3) is 0.333. The van der Waals surface area contributed by atoms with Gasteiger partial charge in [-0.25, -0.2) is 12.8 Å². The number of carbonyl (C=O) groups excluding carboxylic acids is 2. The zero-order chi connectivity index (χ0) is 21.3. The molecular formula is C21H22FN3O4S. The Labute approximate surface area is 174 Å². The second-order valence-corrected chi connectivity index (χ2v) is 9.74. The van der Waals surface area contributed by atoms with Crippen LogP contribution in [0.3, 0.4) is 0 Å². The van der Waals surface area contributed by atoms with E-state index in [9.17, 15) is 22.4 Å². The summed E-state index contributed by atoms with van der Waals surface area (Å²) in [7, 11) is -3.62. The molecule has 0 radical (unpaired) electrons. The molecular weight excluding hydrogens is 409 g/mol. The van der Waals surface area contributed by atoms with Crippen LogP contribution in [0.5, 0.6) is 0 Å². The first-order chi connectivity index (χ1) is 14.3. The van der Waals surface area contributed by atoms with Gasteiger partial charge in [0.15, 0.2) is 9.84 Å². The minimum Gasteiger partial charge on any atom is -0.371 e. The van der Waals surface area contributed by atoms with Crippen molar-refractivity contribution >= 4 is 33.0 Å². The lowest BCUT2D eigenvalue weighted by Gasteiger charge is -2.27. The molecule has 2 amide bonds. The summed E-state index contributed by atoms with van der Waals surface area (Å²) in [6.45, 7) is 1.46. The predicted molar refractivity (Wildman–Crippen MR) is 112 cm³/mol. The summed E-state index contributed by atoms with van der Waals surface area (Å²) in [5.74, 6) is -1.67. The Hall–Kier alpha value is -2.94. The highest BCUT2D eigenvalue weighted by Crippen LogP contribution is 2.29. The first-order valence-electron chi connectivity index (χ1n) is 9.76. The molecule has 2 aromatic rings. The maximum Gasteiger partial charge on any atom is 0.253 e. The molecule has 2 aliphatic rings. The molecule has 2 aromatic carbocycles. The van der Waals surface area contributed by atoms with Crippen molar-refractivity contribution in [2.45, 2.75) is 24.6 Å². The van der Waals surface area contributed by atoms with E-state index < -0.39 is 33.4 Å². The van der Waals surface area contributed by atoms with Crippen LogP contribution >= 0.6 is 0 Å². The van der Waals surface area contributed by atoms with Crippen LogP contribution in [-0.4, -0.2) is 50.0 Å². The van der Waals surface area contributed by atoms with Crippen molar-refractivity contribution < 1.29 is 22.4 Å².